The summed E-state index contributed by atoms with van der Waals surface area (Å²) in [5, 5.41) is 0. The lowest BCUT2D eigenvalue weighted by Crippen LogP contribution is -2.18. The number of imidazole rings is 1. The predicted molar refractivity (Wildman–Crippen MR) is 94.3 cm³/mol. The van der Waals surface area contributed by atoms with Gasteiger partial charge in [-0.05, 0) is 25.1 Å². The molecule has 0 unspecified atom stereocenters. The Morgan fingerprint density at radius 1 is 1.12 bits per heavy atom. The number of H-pyrrole nitrogens is 1. The third kappa shape index (κ3) is 2.39. The first-order valence-electron chi connectivity index (χ1n) is 7.96. The van der Waals surface area contributed by atoms with Gasteiger partial charge in [-0.1, -0.05) is 36.4 Å². The highest BCUT2D eigenvalue weighted by atomic mass is 16.5. The Hall–Kier alpha value is -3.41. The van der Waals surface area contributed by atoms with Crippen LogP contribution in [0.5, 0.6) is 0 Å². The van der Waals surface area contributed by atoms with Gasteiger partial charge in [0, 0.05) is 5.56 Å². The summed E-state index contributed by atoms with van der Waals surface area (Å²) in [7, 11) is 0. The first-order valence-corrected chi connectivity index (χ1v) is 7.96. The van der Waals surface area contributed by atoms with Crippen molar-refractivity contribution in [3.63, 3.8) is 0 Å². The molecular weight excluding hydrogens is 318 g/mol. The Balaban J connectivity index is 2.09. The van der Waals surface area contributed by atoms with Crippen molar-refractivity contribution in [2.75, 3.05) is 6.61 Å². The Bertz CT molecular complexity index is 1110. The quantitative estimate of drug-likeness (QED) is 0.585. The van der Waals surface area contributed by atoms with E-state index in [0.29, 0.717) is 27.9 Å². The molecular formula is C19H15N3O3. The van der Waals surface area contributed by atoms with Gasteiger partial charge in [-0.25, -0.2) is 19.1 Å². The van der Waals surface area contributed by atoms with Gasteiger partial charge in [0.05, 0.1) is 23.3 Å². The van der Waals surface area contributed by atoms with Crippen molar-refractivity contribution in [3.05, 3.63) is 70.6 Å². The number of aromatic amines is 1. The van der Waals surface area contributed by atoms with E-state index < -0.39 is 5.97 Å². The second-order valence-corrected chi connectivity index (χ2v) is 5.52. The van der Waals surface area contributed by atoms with Gasteiger partial charge >= 0.3 is 11.7 Å². The number of ether oxygens (including phenoxy) is 1. The minimum absolute atomic E-state index is 0.243. The van der Waals surface area contributed by atoms with Crippen molar-refractivity contribution in [2.24, 2.45) is 0 Å². The molecule has 0 amide bonds. The minimum Gasteiger partial charge on any atom is -0.462 e. The summed E-state index contributed by atoms with van der Waals surface area (Å²) in [6.07, 6.45) is 0. The number of nitrogens with one attached hydrogen (secondary N) is 1. The van der Waals surface area contributed by atoms with Crippen molar-refractivity contribution in [3.8, 4) is 17.1 Å². The van der Waals surface area contributed by atoms with Crippen molar-refractivity contribution in [2.45, 2.75) is 6.92 Å². The van der Waals surface area contributed by atoms with E-state index in [1.165, 1.54) is 4.57 Å². The summed E-state index contributed by atoms with van der Waals surface area (Å²) < 4.78 is 6.63. The predicted octanol–water partition coefficient (Wildman–Crippen LogP) is 3.00. The molecule has 0 spiro atoms. The molecule has 0 fully saturated rings. The van der Waals surface area contributed by atoms with Crippen LogP contribution in [-0.4, -0.2) is 27.1 Å². The number of benzene rings is 1. The molecule has 4 rings (SSSR count). The zero-order valence-electron chi connectivity index (χ0n) is 13.5. The molecule has 6 heteroatoms. The van der Waals surface area contributed by atoms with E-state index in [2.05, 4.69) is 9.97 Å². The van der Waals surface area contributed by atoms with Gasteiger partial charge in [-0.3, -0.25) is 0 Å². The molecule has 2 aliphatic rings. The zero-order valence-corrected chi connectivity index (χ0v) is 13.5. The third-order valence-electron chi connectivity index (χ3n) is 4.02. The van der Waals surface area contributed by atoms with Crippen LogP contribution in [0.15, 0.2) is 59.4 Å². The first kappa shape index (κ1) is 15.1. The molecule has 1 N–H and O–H groups in total. The molecule has 1 aliphatic carbocycles. The number of fused-ring (bicyclic) bond motifs is 2. The average molecular weight is 333 g/mol. The highest BCUT2D eigenvalue weighted by molar-refractivity contribution is 6.02. The Labute approximate surface area is 143 Å². The Morgan fingerprint density at radius 2 is 1.88 bits per heavy atom. The lowest BCUT2D eigenvalue weighted by atomic mass is 10.1. The Morgan fingerprint density at radius 3 is 2.72 bits per heavy atom. The molecule has 25 heavy (non-hydrogen) atoms. The first-order chi connectivity index (χ1) is 12.2. The van der Waals surface area contributed by atoms with E-state index in [1.54, 1.807) is 25.1 Å². The van der Waals surface area contributed by atoms with Crippen LogP contribution in [0.2, 0.25) is 0 Å². The van der Waals surface area contributed by atoms with E-state index in [1.807, 2.05) is 36.4 Å². The number of hydrogen-bond acceptors (Lipinski definition) is 4. The monoisotopic (exact) mass is 333 g/mol. The fraction of sp³-hybridized carbons (Fsp3) is 0.105. The number of hydrogen-bond donors (Lipinski definition) is 1. The van der Waals surface area contributed by atoms with E-state index in [4.69, 9.17) is 4.74 Å². The second kappa shape index (κ2) is 5.90. The number of nitrogens with zero attached hydrogens (tertiary/aromatic N) is 2. The SMILES string of the molecule is CCOC(=O)c1c2cccccc-2nc1-n1c(=O)[nH]c2ccccc21. The van der Waals surface area contributed by atoms with Crippen LogP contribution >= 0.6 is 0 Å². The van der Waals surface area contributed by atoms with E-state index in [0.717, 1.165) is 0 Å². The lowest BCUT2D eigenvalue weighted by molar-refractivity contribution is 0.0527. The van der Waals surface area contributed by atoms with Crippen molar-refractivity contribution in [1.82, 2.24) is 14.5 Å². The van der Waals surface area contributed by atoms with Crippen LogP contribution in [0.1, 0.15) is 17.3 Å². The van der Waals surface area contributed by atoms with Gasteiger partial charge < -0.3 is 9.72 Å². The highest BCUT2D eigenvalue weighted by Crippen LogP contribution is 2.31. The van der Waals surface area contributed by atoms with Crippen LogP contribution in [-0.2, 0) is 4.74 Å². The standard InChI is InChI=1S/C19H15N3O3/c1-2-25-18(23)16-12-8-4-3-5-9-13(12)20-17(16)22-15-11-7-6-10-14(15)21-19(22)24/h3-11H,2H2,1H3,(H,21,24). The number of para-hydroxylation sites is 2. The van der Waals surface area contributed by atoms with Crippen molar-refractivity contribution >= 4 is 17.0 Å². The molecule has 0 bridgehead atoms. The number of esters is 1. The fourth-order valence-corrected chi connectivity index (χ4v) is 2.97. The smallest absolute Gasteiger partial charge is 0.342 e. The van der Waals surface area contributed by atoms with Crippen LogP contribution < -0.4 is 5.69 Å². The second-order valence-electron chi connectivity index (χ2n) is 5.52. The number of carbonyl (C=O) groups excluding carboxylic acids is 1. The maximum atomic E-state index is 12.6. The van der Waals surface area contributed by atoms with Crippen molar-refractivity contribution < 1.29 is 9.53 Å². The topological polar surface area (TPSA) is 77.0 Å². The van der Waals surface area contributed by atoms with E-state index in [9.17, 15) is 9.59 Å². The number of aromatic nitrogens is 3. The zero-order chi connectivity index (χ0) is 17.4. The summed E-state index contributed by atoms with van der Waals surface area (Å²) in [6.45, 7) is 1.99. The van der Waals surface area contributed by atoms with Gasteiger partial charge in [0.25, 0.3) is 0 Å². The minimum atomic E-state index is -0.497. The maximum Gasteiger partial charge on any atom is 0.342 e. The van der Waals surface area contributed by atoms with Crippen LogP contribution in [0.25, 0.3) is 28.1 Å². The van der Waals surface area contributed by atoms with Crippen LogP contribution in [0.3, 0.4) is 0 Å². The normalized spacial score (nSPS) is 11.1. The molecule has 124 valence electrons. The van der Waals surface area contributed by atoms with E-state index in [-0.39, 0.29) is 18.1 Å². The molecule has 0 saturated heterocycles. The lowest BCUT2D eigenvalue weighted by Gasteiger charge is -2.05. The molecule has 0 radical (unpaired) electrons. The maximum absolute atomic E-state index is 12.6. The van der Waals surface area contributed by atoms with E-state index >= 15 is 0 Å². The fourth-order valence-electron chi connectivity index (χ4n) is 2.97. The van der Waals surface area contributed by atoms with Crippen LogP contribution in [0.4, 0.5) is 0 Å². The third-order valence-corrected chi connectivity index (χ3v) is 4.02. The summed E-state index contributed by atoms with van der Waals surface area (Å²) in [4.78, 5) is 32.5. The number of carbonyl (C=O) groups is 1. The molecule has 2 aromatic rings. The average Bonchev–Trinajstić information content (AvgIpc) is 3.02. The van der Waals surface area contributed by atoms with Gasteiger partial charge in [0.15, 0.2) is 5.82 Å². The molecule has 0 saturated carbocycles. The summed E-state index contributed by atoms with van der Waals surface area (Å²) in [6, 6.07) is 16.4. The Kier molecular flexibility index (Phi) is 3.57. The van der Waals surface area contributed by atoms with Gasteiger partial charge in [-0.2, -0.15) is 0 Å². The van der Waals surface area contributed by atoms with Gasteiger partial charge in [-0.15, -0.1) is 0 Å². The van der Waals surface area contributed by atoms with Crippen molar-refractivity contribution in [1.29, 1.82) is 0 Å². The molecule has 0 atom stereocenters. The number of rotatable bonds is 3. The molecule has 1 aliphatic heterocycles. The molecule has 2 heterocycles. The van der Waals surface area contributed by atoms with Gasteiger partial charge in [0.1, 0.15) is 5.56 Å². The largest absolute Gasteiger partial charge is 0.462 e. The van der Waals surface area contributed by atoms with Crippen LogP contribution in [0, 0.1) is 0 Å². The molecule has 1 aromatic carbocycles. The van der Waals surface area contributed by atoms with Gasteiger partial charge in [0.2, 0.25) is 0 Å². The summed E-state index contributed by atoms with van der Waals surface area (Å²) in [5.74, 6) is -0.217. The highest BCUT2D eigenvalue weighted by Gasteiger charge is 2.27. The molecule has 1 aromatic heterocycles. The molecule has 6 nitrogen and oxygen atoms in total. The summed E-state index contributed by atoms with van der Waals surface area (Å²) in [5.41, 5.74) is 2.56. The summed E-state index contributed by atoms with van der Waals surface area (Å²) >= 11 is 0.